The molecule has 3 fully saturated rings. The largest absolute Gasteiger partial charge is 0.273 e. The summed E-state index contributed by atoms with van der Waals surface area (Å²) in [4.78, 5) is 13.3. The minimum Gasteiger partial charge on any atom is -0.273 e. The van der Waals surface area contributed by atoms with Crippen LogP contribution in [-0.4, -0.2) is 30.4 Å². The van der Waals surface area contributed by atoms with Crippen LogP contribution in [0.4, 0.5) is 0 Å². The Morgan fingerprint density at radius 3 is 2.56 bits per heavy atom. The Labute approximate surface area is 153 Å². The monoisotopic (exact) mass is 367 g/mol. The molecule has 25 heavy (non-hydrogen) atoms. The number of allylic oxidation sites excluding steroid dienone is 1. The number of hydrogen-bond acceptors (Lipinski definition) is 3. The van der Waals surface area contributed by atoms with Gasteiger partial charge in [-0.25, -0.2) is 12.7 Å². The van der Waals surface area contributed by atoms with Gasteiger partial charge in [-0.1, -0.05) is 45.3 Å². The minimum absolute atomic E-state index is 0.00912. The van der Waals surface area contributed by atoms with Gasteiger partial charge in [0.05, 0.1) is 17.7 Å². The summed E-state index contributed by atoms with van der Waals surface area (Å²) in [6.45, 7) is 10.5. The third-order valence-electron chi connectivity index (χ3n) is 7.35. The van der Waals surface area contributed by atoms with Crippen molar-refractivity contribution < 1.29 is 13.2 Å². The maximum absolute atomic E-state index is 13.3. The number of rotatable bonds is 5. The van der Waals surface area contributed by atoms with Crippen molar-refractivity contribution in [3.63, 3.8) is 0 Å². The van der Waals surface area contributed by atoms with E-state index in [9.17, 15) is 13.2 Å². The van der Waals surface area contributed by atoms with Crippen LogP contribution in [0.25, 0.3) is 0 Å². The molecule has 1 heterocycles. The smallest absolute Gasteiger partial charge is 0.243 e. The van der Waals surface area contributed by atoms with Crippen LogP contribution in [0.1, 0.15) is 73.1 Å². The van der Waals surface area contributed by atoms with E-state index in [1.54, 1.807) is 0 Å². The van der Waals surface area contributed by atoms with Gasteiger partial charge in [-0.15, -0.1) is 0 Å². The molecule has 0 aromatic carbocycles. The Kier molecular flexibility index (Phi) is 4.62. The van der Waals surface area contributed by atoms with Crippen LogP contribution < -0.4 is 0 Å². The van der Waals surface area contributed by atoms with Gasteiger partial charge in [-0.2, -0.15) is 0 Å². The molecule has 142 valence electrons. The lowest BCUT2D eigenvalue weighted by molar-refractivity contribution is -0.132. The molecule has 1 unspecified atom stereocenters. The van der Waals surface area contributed by atoms with E-state index in [4.69, 9.17) is 0 Å². The molecule has 1 amide bonds. The summed E-state index contributed by atoms with van der Waals surface area (Å²) >= 11 is 0. The zero-order valence-corrected chi connectivity index (χ0v) is 17.2. The number of sulfonamides is 1. The standard InChI is InChI=1S/C20H33NO3S/c1-6-7-8-15(11-14(2)3)18(22)21-17-12-16-9-10-20(17,19(16,4)5)13-25(21,23)24/h11,15-17H,6-10,12-13H2,1-5H3/t15-,16-,17?,20-/m1/s1. The number of amides is 1. The fourth-order valence-corrected chi connectivity index (χ4v) is 8.43. The number of hydrogen-bond donors (Lipinski definition) is 0. The van der Waals surface area contributed by atoms with Crippen molar-refractivity contribution in [3.05, 3.63) is 11.6 Å². The van der Waals surface area contributed by atoms with Crippen molar-refractivity contribution in [2.45, 2.75) is 79.2 Å². The quantitative estimate of drug-likeness (QED) is 0.687. The van der Waals surface area contributed by atoms with Crippen LogP contribution in [-0.2, 0) is 14.8 Å². The highest BCUT2D eigenvalue weighted by Gasteiger charge is 2.72. The van der Waals surface area contributed by atoms with Crippen LogP contribution in [0, 0.1) is 22.7 Å². The molecule has 0 N–H and O–H groups in total. The average Bonchev–Trinajstić information content (AvgIpc) is 2.97. The van der Waals surface area contributed by atoms with Gasteiger partial charge in [0.25, 0.3) is 0 Å². The third-order valence-corrected chi connectivity index (χ3v) is 9.26. The highest BCUT2D eigenvalue weighted by molar-refractivity contribution is 7.90. The molecule has 3 rings (SSSR count). The fraction of sp³-hybridized carbons (Fsp3) is 0.850. The van der Waals surface area contributed by atoms with Crippen LogP contribution >= 0.6 is 0 Å². The van der Waals surface area contributed by atoms with Crippen molar-refractivity contribution in [2.75, 3.05) is 5.75 Å². The topological polar surface area (TPSA) is 54.5 Å². The van der Waals surface area contributed by atoms with Gasteiger partial charge in [0.2, 0.25) is 15.9 Å². The Morgan fingerprint density at radius 2 is 2.00 bits per heavy atom. The molecule has 2 saturated carbocycles. The second kappa shape index (κ2) is 6.11. The Balaban J connectivity index is 1.96. The van der Waals surface area contributed by atoms with Gasteiger partial charge in [0, 0.05) is 5.41 Å². The fourth-order valence-electron chi connectivity index (χ4n) is 5.85. The predicted octanol–water partition coefficient (Wildman–Crippen LogP) is 4.13. The Hall–Kier alpha value is -0.840. The number of fused-ring (bicyclic) bond motifs is 1. The Morgan fingerprint density at radius 1 is 1.32 bits per heavy atom. The molecular formula is C20H33NO3S. The molecule has 4 atom stereocenters. The molecule has 1 saturated heterocycles. The van der Waals surface area contributed by atoms with E-state index in [0.29, 0.717) is 5.92 Å². The maximum Gasteiger partial charge on any atom is 0.243 e. The lowest BCUT2D eigenvalue weighted by Crippen LogP contribution is -2.46. The molecule has 2 aliphatic carbocycles. The molecule has 3 aliphatic rings. The first-order chi connectivity index (χ1) is 11.6. The molecular weight excluding hydrogens is 334 g/mol. The normalized spacial score (nSPS) is 35.5. The van der Waals surface area contributed by atoms with E-state index in [1.807, 2.05) is 19.9 Å². The Bertz CT molecular complexity index is 690. The number of carbonyl (C=O) groups excluding carboxylic acids is 1. The molecule has 1 aliphatic heterocycles. The van der Waals surface area contributed by atoms with E-state index in [1.165, 1.54) is 4.31 Å². The lowest BCUT2D eigenvalue weighted by Gasteiger charge is -2.37. The first-order valence-electron chi connectivity index (χ1n) is 9.78. The summed E-state index contributed by atoms with van der Waals surface area (Å²) in [5.74, 6) is 0.215. The molecule has 0 radical (unpaired) electrons. The van der Waals surface area contributed by atoms with Crippen molar-refractivity contribution in [2.24, 2.45) is 22.7 Å². The van der Waals surface area contributed by atoms with Crippen molar-refractivity contribution in [3.8, 4) is 0 Å². The number of carbonyl (C=O) groups is 1. The maximum atomic E-state index is 13.3. The minimum atomic E-state index is -3.51. The summed E-state index contributed by atoms with van der Waals surface area (Å²) in [5, 5.41) is 0. The lowest BCUT2D eigenvalue weighted by atomic mass is 9.69. The zero-order chi connectivity index (χ0) is 18.6. The summed E-state index contributed by atoms with van der Waals surface area (Å²) in [6, 6.07) is -0.117. The average molecular weight is 368 g/mol. The summed E-state index contributed by atoms with van der Waals surface area (Å²) in [6.07, 6.45) is 7.56. The molecule has 0 aromatic heterocycles. The van der Waals surface area contributed by atoms with E-state index >= 15 is 0 Å². The van der Waals surface area contributed by atoms with Gasteiger partial charge in [0.1, 0.15) is 0 Å². The van der Waals surface area contributed by atoms with Gasteiger partial charge in [0.15, 0.2) is 0 Å². The van der Waals surface area contributed by atoms with Gasteiger partial charge < -0.3 is 0 Å². The van der Waals surface area contributed by atoms with Crippen LogP contribution in [0.5, 0.6) is 0 Å². The molecule has 1 spiro atoms. The number of nitrogens with zero attached hydrogens (tertiary/aromatic N) is 1. The molecule has 2 bridgehead atoms. The summed E-state index contributed by atoms with van der Waals surface area (Å²) in [5.41, 5.74) is 0.857. The van der Waals surface area contributed by atoms with Crippen molar-refractivity contribution in [1.82, 2.24) is 4.31 Å². The van der Waals surface area contributed by atoms with Crippen LogP contribution in [0.15, 0.2) is 11.6 Å². The molecule has 0 aromatic rings. The van der Waals surface area contributed by atoms with Gasteiger partial charge in [-0.05, 0) is 50.9 Å². The first kappa shape index (κ1) is 18.9. The van der Waals surface area contributed by atoms with Crippen LogP contribution in [0.3, 0.4) is 0 Å². The summed E-state index contributed by atoms with van der Waals surface area (Å²) < 4.78 is 27.4. The molecule has 4 nitrogen and oxygen atoms in total. The van der Waals surface area contributed by atoms with Crippen LogP contribution in [0.2, 0.25) is 0 Å². The predicted molar refractivity (Wildman–Crippen MR) is 100 cm³/mol. The highest BCUT2D eigenvalue weighted by Crippen LogP contribution is 2.70. The highest BCUT2D eigenvalue weighted by atomic mass is 32.2. The van der Waals surface area contributed by atoms with Crippen molar-refractivity contribution in [1.29, 1.82) is 0 Å². The zero-order valence-electron chi connectivity index (χ0n) is 16.3. The van der Waals surface area contributed by atoms with E-state index in [-0.39, 0.29) is 34.4 Å². The number of unbranched alkanes of at least 4 members (excludes halogenated alkanes) is 1. The van der Waals surface area contributed by atoms with Gasteiger partial charge in [-0.3, -0.25) is 4.79 Å². The van der Waals surface area contributed by atoms with Gasteiger partial charge >= 0.3 is 0 Å². The van der Waals surface area contributed by atoms with Crippen molar-refractivity contribution >= 4 is 15.9 Å². The summed E-state index contributed by atoms with van der Waals surface area (Å²) in [7, 11) is -3.51. The van der Waals surface area contributed by atoms with E-state index in [0.717, 1.165) is 44.1 Å². The second-order valence-electron chi connectivity index (χ2n) is 9.25. The first-order valence-corrected chi connectivity index (χ1v) is 11.4. The second-order valence-corrected chi connectivity index (χ2v) is 11.1. The molecule has 5 heteroatoms. The van der Waals surface area contributed by atoms with E-state index < -0.39 is 10.0 Å². The van der Waals surface area contributed by atoms with E-state index in [2.05, 4.69) is 20.8 Å². The SMILES string of the molecule is CCCC[C@H](C=C(C)C)C(=O)N1C2C[C@H]3CC[C@]2(CS1(=O)=O)C3(C)C. The third kappa shape index (κ3) is 2.68.